The summed E-state index contributed by atoms with van der Waals surface area (Å²) in [4.78, 5) is 18.1. The molecule has 4 nitrogen and oxygen atoms in total. The summed E-state index contributed by atoms with van der Waals surface area (Å²) in [5.74, 6) is -0.0865. The Hall–Kier alpha value is -2.07. The number of carbonyl (C=O) groups excluding carboxylic acids is 1. The Morgan fingerprint density at radius 2 is 2.15 bits per heavy atom. The first-order valence-corrected chi connectivity index (χ1v) is 6.85. The molecule has 1 aromatic carbocycles. The summed E-state index contributed by atoms with van der Waals surface area (Å²) in [6.45, 7) is 1.19. The lowest BCUT2D eigenvalue weighted by molar-refractivity contribution is -0.115. The summed E-state index contributed by atoms with van der Waals surface area (Å²) in [5, 5.41) is 3.10. The first-order valence-electron chi connectivity index (χ1n) is 6.47. The van der Waals surface area contributed by atoms with E-state index in [1.165, 1.54) is 5.56 Å². The van der Waals surface area contributed by atoms with Crippen molar-refractivity contribution in [1.29, 1.82) is 0 Å². The average molecular weight is 288 g/mol. The molecule has 1 N–H and O–H groups in total. The van der Waals surface area contributed by atoms with Crippen molar-refractivity contribution < 1.29 is 4.79 Å². The minimum atomic E-state index is -0.0865. The Kier molecular flexibility index (Phi) is 3.56. The lowest BCUT2D eigenvalue weighted by Crippen LogP contribution is -2.31. The maximum absolute atomic E-state index is 12.1. The molecule has 1 aliphatic rings. The van der Waals surface area contributed by atoms with Gasteiger partial charge in [-0.3, -0.25) is 4.79 Å². The number of anilines is 2. The first-order chi connectivity index (χ1) is 9.74. The zero-order valence-electron chi connectivity index (χ0n) is 10.8. The van der Waals surface area contributed by atoms with E-state index in [4.69, 9.17) is 11.6 Å². The maximum atomic E-state index is 12.1. The molecule has 0 aliphatic carbocycles. The summed E-state index contributed by atoms with van der Waals surface area (Å²) in [7, 11) is 0. The number of hydrogen-bond acceptors (Lipinski definition) is 3. The van der Waals surface area contributed by atoms with Crippen molar-refractivity contribution >= 4 is 28.9 Å². The number of aromatic nitrogens is 1. The van der Waals surface area contributed by atoms with Crippen LogP contribution in [0.25, 0.3) is 0 Å². The van der Waals surface area contributed by atoms with Crippen LogP contribution in [0.2, 0.25) is 5.15 Å². The molecule has 0 saturated carbocycles. The molecule has 2 aromatic rings. The van der Waals surface area contributed by atoms with Gasteiger partial charge in [0.1, 0.15) is 0 Å². The van der Waals surface area contributed by atoms with Crippen LogP contribution in [0, 0.1) is 0 Å². The van der Waals surface area contributed by atoms with E-state index in [0.29, 0.717) is 17.4 Å². The molecule has 0 bridgehead atoms. The highest BCUT2D eigenvalue weighted by Crippen LogP contribution is 2.27. The number of nitrogens with zero attached hydrogens (tertiary/aromatic N) is 2. The molecule has 0 atom stereocenters. The fraction of sp³-hybridized carbons (Fsp3) is 0.200. The summed E-state index contributed by atoms with van der Waals surface area (Å²) < 4.78 is 0. The number of amides is 1. The summed E-state index contributed by atoms with van der Waals surface area (Å²) in [5.41, 5.74) is 2.98. The van der Waals surface area contributed by atoms with Crippen LogP contribution in [0.4, 0.5) is 11.4 Å². The predicted octanol–water partition coefficient (Wildman–Crippen LogP) is 2.74. The number of nitrogens with one attached hydrogen (secondary N) is 1. The van der Waals surface area contributed by atoms with Gasteiger partial charge in [-0.15, -0.1) is 0 Å². The van der Waals surface area contributed by atoms with Gasteiger partial charge in [0.05, 0.1) is 12.2 Å². The number of hydrogen-bond donors (Lipinski definition) is 1. The number of rotatable bonds is 3. The van der Waals surface area contributed by atoms with Crippen molar-refractivity contribution in [2.24, 2.45) is 0 Å². The second kappa shape index (κ2) is 5.51. The Bertz CT molecular complexity index is 645. The van der Waals surface area contributed by atoms with Crippen LogP contribution in [0.1, 0.15) is 5.56 Å². The van der Waals surface area contributed by atoms with Crippen molar-refractivity contribution in [1.82, 2.24) is 4.98 Å². The second-order valence-electron chi connectivity index (χ2n) is 4.69. The Labute approximate surface area is 122 Å². The molecular weight excluding hydrogens is 274 g/mol. The average Bonchev–Trinajstić information content (AvgIpc) is 2.85. The quantitative estimate of drug-likeness (QED) is 0.883. The SMILES string of the molecule is O=C(CN1CCc2ccccc21)Nc1cccnc1Cl. The highest BCUT2D eigenvalue weighted by Gasteiger charge is 2.20. The summed E-state index contributed by atoms with van der Waals surface area (Å²) >= 11 is 5.93. The zero-order valence-corrected chi connectivity index (χ0v) is 11.6. The molecule has 0 unspecified atom stereocenters. The molecule has 3 rings (SSSR count). The van der Waals surface area contributed by atoms with Crippen molar-refractivity contribution in [3.8, 4) is 0 Å². The number of pyridine rings is 1. The van der Waals surface area contributed by atoms with Crippen LogP contribution in [-0.2, 0) is 11.2 Å². The topological polar surface area (TPSA) is 45.2 Å². The van der Waals surface area contributed by atoms with Gasteiger partial charge >= 0.3 is 0 Å². The van der Waals surface area contributed by atoms with Gasteiger partial charge in [-0.2, -0.15) is 0 Å². The highest BCUT2D eigenvalue weighted by atomic mass is 35.5. The largest absolute Gasteiger partial charge is 0.362 e. The van der Waals surface area contributed by atoms with Crippen molar-refractivity contribution in [3.05, 3.63) is 53.3 Å². The molecule has 0 saturated heterocycles. The number of fused-ring (bicyclic) bond motifs is 1. The summed E-state index contributed by atoms with van der Waals surface area (Å²) in [6, 6.07) is 11.7. The first kappa shape index (κ1) is 12.9. The second-order valence-corrected chi connectivity index (χ2v) is 5.05. The van der Waals surface area contributed by atoms with Gasteiger partial charge in [0, 0.05) is 18.4 Å². The van der Waals surface area contributed by atoms with E-state index in [0.717, 1.165) is 18.7 Å². The van der Waals surface area contributed by atoms with Gasteiger partial charge in [0.25, 0.3) is 0 Å². The van der Waals surface area contributed by atoms with E-state index in [1.54, 1.807) is 18.3 Å². The van der Waals surface area contributed by atoms with E-state index in [-0.39, 0.29) is 5.91 Å². The van der Waals surface area contributed by atoms with Crippen LogP contribution in [0.15, 0.2) is 42.6 Å². The molecule has 1 aromatic heterocycles. The highest BCUT2D eigenvalue weighted by molar-refractivity contribution is 6.32. The monoisotopic (exact) mass is 287 g/mol. The minimum absolute atomic E-state index is 0.0865. The fourth-order valence-corrected chi connectivity index (χ4v) is 2.58. The third-order valence-corrected chi connectivity index (χ3v) is 3.65. The lowest BCUT2D eigenvalue weighted by Gasteiger charge is -2.18. The Morgan fingerprint density at radius 1 is 1.30 bits per heavy atom. The Balaban J connectivity index is 1.68. The van der Waals surface area contributed by atoms with Crippen LogP contribution in [0.3, 0.4) is 0 Å². The van der Waals surface area contributed by atoms with Crippen LogP contribution >= 0.6 is 11.6 Å². The van der Waals surface area contributed by atoms with E-state index in [9.17, 15) is 4.79 Å². The number of halogens is 1. The molecule has 1 amide bonds. The smallest absolute Gasteiger partial charge is 0.243 e. The predicted molar refractivity (Wildman–Crippen MR) is 80.2 cm³/mol. The van der Waals surface area contributed by atoms with Crippen LogP contribution in [0.5, 0.6) is 0 Å². The van der Waals surface area contributed by atoms with Crippen molar-refractivity contribution in [3.63, 3.8) is 0 Å². The molecule has 5 heteroatoms. The van der Waals surface area contributed by atoms with E-state index < -0.39 is 0 Å². The zero-order chi connectivity index (χ0) is 13.9. The summed E-state index contributed by atoms with van der Waals surface area (Å²) in [6.07, 6.45) is 2.58. The molecule has 0 spiro atoms. The van der Waals surface area contributed by atoms with Crippen molar-refractivity contribution in [2.75, 3.05) is 23.3 Å². The van der Waals surface area contributed by atoms with Gasteiger partial charge in [-0.25, -0.2) is 4.98 Å². The molecule has 0 fully saturated rings. The third-order valence-electron chi connectivity index (χ3n) is 3.35. The molecule has 2 heterocycles. The van der Waals surface area contributed by atoms with E-state index in [1.807, 2.05) is 18.2 Å². The van der Waals surface area contributed by atoms with Gasteiger partial charge < -0.3 is 10.2 Å². The van der Waals surface area contributed by atoms with Crippen LogP contribution < -0.4 is 10.2 Å². The number of carbonyl (C=O) groups is 1. The van der Waals surface area contributed by atoms with Gasteiger partial charge in [-0.1, -0.05) is 29.8 Å². The number of benzene rings is 1. The van der Waals surface area contributed by atoms with E-state index in [2.05, 4.69) is 21.3 Å². The Morgan fingerprint density at radius 3 is 3.00 bits per heavy atom. The molecule has 102 valence electrons. The minimum Gasteiger partial charge on any atom is -0.362 e. The van der Waals surface area contributed by atoms with Gasteiger partial charge in [-0.05, 0) is 30.2 Å². The van der Waals surface area contributed by atoms with Crippen LogP contribution in [-0.4, -0.2) is 24.0 Å². The van der Waals surface area contributed by atoms with Gasteiger partial charge in [0.2, 0.25) is 5.91 Å². The molecule has 1 aliphatic heterocycles. The molecule has 20 heavy (non-hydrogen) atoms. The van der Waals surface area contributed by atoms with Crippen molar-refractivity contribution in [2.45, 2.75) is 6.42 Å². The standard InChI is InChI=1S/C15H14ClN3O/c16-15-12(5-3-8-17-15)18-14(20)10-19-9-7-11-4-1-2-6-13(11)19/h1-6,8H,7,9-10H2,(H,18,20). The third kappa shape index (κ3) is 2.60. The van der Waals surface area contributed by atoms with Gasteiger partial charge in [0.15, 0.2) is 5.15 Å². The normalized spacial score (nSPS) is 13.2. The lowest BCUT2D eigenvalue weighted by atomic mass is 10.2. The van der Waals surface area contributed by atoms with E-state index >= 15 is 0 Å². The fourth-order valence-electron chi connectivity index (χ4n) is 2.41. The maximum Gasteiger partial charge on any atom is 0.243 e. The molecular formula is C15H14ClN3O. The molecule has 0 radical (unpaired) electrons. The number of para-hydroxylation sites is 1.